The second-order valence-electron chi connectivity index (χ2n) is 5.09. The van der Waals surface area contributed by atoms with Crippen LogP contribution >= 0.6 is 0 Å². The Labute approximate surface area is 119 Å². The molecule has 2 rings (SSSR count). The maximum Gasteiger partial charge on any atom is 0.410 e. The number of hydrogen-bond donors (Lipinski definition) is 0. The van der Waals surface area contributed by atoms with Crippen molar-refractivity contribution >= 4 is 11.9 Å². The summed E-state index contributed by atoms with van der Waals surface area (Å²) in [4.78, 5) is 27.1. The number of ether oxygens (including phenoxy) is 1. The predicted molar refractivity (Wildman–Crippen MR) is 75.3 cm³/mol. The van der Waals surface area contributed by atoms with Crippen LogP contribution in [0.3, 0.4) is 0 Å². The van der Waals surface area contributed by atoms with Crippen molar-refractivity contribution in [3.05, 3.63) is 35.9 Å². The van der Waals surface area contributed by atoms with Gasteiger partial charge in [0.25, 0.3) is 0 Å². The smallest absolute Gasteiger partial charge is 0.410 e. The van der Waals surface area contributed by atoms with Crippen LogP contribution in [0.1, 0.15) is 12.5 Å². The van der Waals surface area contributed by atoms with Crippen molar-refractivity contribution in [2.24, 2.45) is 0 Å². The SMILES string of the molecule is CC(=O)[C@@H]1CN(C(=O)OCc2ccccc2)CCN1C. The van der Waals surface area contributed by atoms with Gasteiger partial charge in [-0.1, -0.05) is 30.3 Å². The lowest BCUT2D eigenvalue weighted by Crippen LogP contribution is -2.55. The molecule has 20 heavy (non-hydrogen) atoms. The van der Waals surface area contributed by atoms with E-state index in [4.69, 9.17) is 4.74 Å². The maximum atomic E-state index is 12.0. The van der Waals surface area contributed by atoms with E-state index in [2.05, 4.69) is 0 Å². The third-order valence-electron chi connectivity index (χ3n) is 3.58. The molecule has 108 valence electrons. The molecule has 1 amide bonds. The first-order chi connectivity index (χ1) is 9.58. The Balaban J connectivity index is 1.88. The second-order valence-corrected chi connectivity index (χ2v) is 5.09. The zero-order chi connectivity index (χ0) is 14.5. The van der Waals surface area contributed by atoms with E-state index in [1.165, 1.54) is 0 Å². The van der Waals surface area contributed by atoms with E-state index in [0.717, 1.165) is 5.56 Å². The molecule has 1 aliphatic heterocycles. The van der Waals surface area contributed by atoms with Crippen LogP contribution in [0, 0.1) is 0 Å². The molecule has 5 nitrogen and oxygen atoms in total. The van der Waals surface area contributed by atoms with Crippen LogP contribution in [0.25, 0.3) is 0 Å². The number of amides is 1. The van der Waals surface area contributed by atoms with E-state index in [1.54, 1.807) is 11.8 Å². The topological polar surface area (TPSA) is 49.9 Å². The van der Waals surface area contributed by atoms with Gasteiger partial charge in [-0.15, -0.1) is 0 Å². The highest BCUT2D eigenvalue weighted by atomic mass is 16.6. The van der Waals surface area contributed by atoms with Gasteiger partial charge in [0.1, 0.15) is 12.4 Å². The Morgan fingerprint density at radius 3 is 2.60 bits per heavy atom. The summed E-state index contributed by atoms with van der Waals surface area (Å²) in [5.41, 5.74) is 0.957. The number of carbonyl (C=O) groups excluding carboxylic acids is 2. The Morgan fingerprint density at radius 2 is 1.95 bits per heavy atom. The lowest BCUT2D eigenvalue weighted by atomic mass is 10.1. The van der Waals surface area contributed by atoms with Gasteiger partial charge in [0.05, 0.1) is 6.04 Å². The van der Waals surface area contributed by atoms with Gasteiger partial charge in [0, 0.05) is 19.6 Å². The predicted octanol–water partition coefficient (Wildman–Crippen LogP) is 1.53. The lowest BCUT2D eigenvalue weighted by molar-refractivity contribution is -0.123. The van der Waals surface area contributed by atoms with E-state index in [1.807, 2.05) is 42.3 Å². The first kappa shape index (κ1) is 14.5. The van der Waals surface area contributed by atoms with Gasteiger partial charge in [0.15, 0.2) is 0 Å². The molecule has 5 heteroatoms. The van der Waals surface area contributed by atoms with Crippen LogP contribution < -0.4 is 0 Å². The van der Waals surface area contributed by atoms with Gasteiger partial charge in [-0.2, -0.15) is 0 Å². The molecule has 1 heterocycles. The fourth-order valence-electron chi connectivity index (χ4n) is 2.29. The van der Waals surface area contributed by atoms with Crippen molar-refractivity contribution in [3.63, 3.8) is 0 Å². The van der Waals surface area contributed by atoms with E-state index < -0.39 is 0 Å². The zero-order valence-corrected chi connectivity index (χ0v) is 11.9. The number of likely N-dealkylation sites (N-methyl/N-ethyl adjacent to an activating group) is 1. The van der Waals surface area contributed by atoms with Crippen LogP contribution in [-0.4, -0.2) is 54.4 Å². The highest BCUT2D eigenvalue weighted by molar-refractivity contribution is 5.82. The highest BCUT2D eigenvalue weighted by Crippen LogP contribution is 2.11. The Morgan fingerprint density at radius 1 is 1.25 bits per heavy atom. The summed E-state index contributed by atoms with van der Waals surface area (Å²) in [7, 11) is 1.90. The lowest BCUT2D eigenvalue weighted by Gasteiger charge is -2.37. The molecule has 0 N–H and O–H groups in total. The largest absolute Gasteiger partial charge is 0.445 e. The Bertz CT molecular complexity index is 475. The number of rotatable bonds is 3. The molecule has 1 atom stereocenters. The minimum absolute atomic E-state index is 0.0769. The highest BCUT2D eigenvalue weighted by Gasteiger charge is 2.30. The minimum atomic E-state index is -0.354. The number of Topliss-reactive ketones (excluding diaryl/α,β-unsaturated/α-hetero) is 1. The van der Waals surface area contributed by atoms with Crippen LogP contribution in [0.2, 0.25) is 0 Å². The molecule has 0 bridgehead atoms. The van der Waals surface area contributed by atoms with Crippen molar-refractivity contribution in [3.8, 4) is 0 Å². The molecule has 0 radical (unpaired) electrons. The fraction of sp³-hybridized carbons (Fsp3) is 0.467. The summed E-state index contributed by atoms with van der Waals surface area (Å²) in [5, 5.41) is 0. The monoisotopic (exact) mass is 276 g/mol. The van der Waals surface area contributed by atoms with Crippen molar-refractivity contribution in [1.82, 2.24) is 9.80 Å². The Hall–Kier alpha value is -1.88. The van der Waals surface area contributed by atoms with Gasteiger partial charge in [-0.05, 0) is 19.5 Å². The fourth-order valence-corrected chi connectivity index (χ4v) is 2.29. The van der Waals surface area contributed by atoms with Crippen LogP contribution in [0.15, 0.2) is 30.3 Å². The summed E-state index contributed by atoms with van der Waals surface area (Å²) >= 11 is 0. The zero-order valence-electron chi connectivity index (χ0n) is 11.9. The first-order valence-corrected chi connectivity index (χ1v) is 6.74. The molecule has 0 aromatic heterocycles. The quantitative estimate of drug-likeness (QED) is 0.840. The van der Waals surface area contributed by atoms with E-state index >= 15 is 0 Å². The summed E-state index contributed by atoms with van der Waals surface area (Å²) < 4.78 is 5.29. The number of nitrogens with zero attached hydrogens (tertiary/aromatic N) is 2. The standard InChI is InChI=1S/C15H20N2O3/c1-12(18)14-10-17(9-8-16(14)2)15(19)20-11-13-6-4-3-5-7-13/h3-7,14H,8-11H2,1-2H3/t14-/m0/s1. The average molecular weight is 276 g/mol. The van der Waals surface area contributed by atoms with Crippen LogP contribution in [0.5, 0.6) is 0 Å². The molecule has 0 aliphatic carbocycles. The van der Waals surface area contributed by atoms with Crippen molar-refractivity contribution in [2.75, 3.05) is 26.7 Å². The third kappa shape index (κ3) is 3.57. The molecule has 1 aromatic carbocycles. The van der Waals surface area contributed by atoms with E-state index in [-0.39, 0.29) is 24.5 Å². The first-order valence-electron chi connectivity index (χ1n) is 6.74. The molecule has 1 aromatic rings. The molecule has 0 spiro atoms. The maximum absolute atomic E-state index is 12.0. The van der Waals surface area contributed by atoms with Gasteiger partial charge >= 0.3 is 6.09 Å². The molecular formula is C15H20N2O3. The normalized spacial score (nSPS) is 19.7. The molecule has 1 aliphatic rings. The molecule has 0 unspecified atom stereocenters. The Kier molecular flexibility index (Phi) is 4.74. The van der Waals surface area contributed by atoms with Gasteiger partial charge in [0.2, 0.25) is 0 Å². The number of carbonyl (C=O) groups is 2. The van der Waals surface area contributed by atoms with E-state index in [9.17, 15) is 9.59 Å². The summed E-state index contributed by atoms with van der Waals surface area (Å²) in [5.74, 6) is 0.0769. The van der Waals surface area contributed by atoms with Gasteiger partial charge < -0.3 is 9.64 Å². The number of hydrogen-bond acceptors (Lipinski definition) is 4. The average Bonchev–Trinajstić information content (AvgIpc) is 2.46. The number of benzene rings is 1. The van der Waals surface area contributed by atoms with Crippen LogP contribution in [0.4, 0.5) is 4.79 Å². The number of piperazine rings is 1. The van der Waals surface area contributed by atoms with E-state index in [0.29, 0.717) is 19.6 Å². The van der Waals surface area contributed by atoms with Crippen molar-refractivity contribution in [1.29, 1.82) is 0 Å². The van der Waals surface area contributed by atoms with Crippen molar-refractivity contribution in [2.45, 2.75) is 19.6 Å². The van der Waals surface area contributed by atoms with Crippen molar-refractivity contribution < 1.29 is 14.3 Å². The molecule has 0 saturated carbocycles. The second kappa shape index (κ2) is 6.52. The minimum Gasteiger partial charge on any atom is -0.445 e. The molecular weight excluding hydrogens is 256 g/mol. The summed E-state index contributed by atoms with van der Waals surface area (Å²) in [6, 6.07) is 9.33. The van der Waals surface area contributed by atoms with Gasteiger partial charge in [-0.3, -0.25) is 9.69 Å². The third-order valence-corrected chi connectivity index (χ3v) is 3.58. The number of ketones is 1. The van der Waals surface area contributed by atoms with Gasteiger partial charge in [-0.25, -0.2) is 4.79 Å². The molecule has 1 fully saturated rings. The summed E-state index contributed by atoms with van der Waals surface area (Å²) in [6.45, 7) is 3.49. The summed E-state index contributed by atoms with van der Waals surface area (Å²) in [6.07, 6.45) is -0.354. The molecule has 1 saturated heterocycles. The van der Waals surface area contributed by atoms with Crippen LogP contribution in [-0.2, 0) is 16.1 Å².